The van der Waals surface area contributed by atoms with Gasteiger partial charge in [-0.1, -0.05) is 59.8 Å². The zero-order valence-electron chi connectivity index (χ0n) is 25.2. The van der Waals surface area contributed by atoms with E-state index in [1.807, 2.05) is 84.9 Å². The summed E-state index contributed by atoms with van der Waals surface area (Å²) in [5.74, 6) is 17.5. The fraction of sp³-hybridized carbons (Fsp3) is 0.0476. The van der Waals surface area contributed by atoms with E-state index in [0.717, 1.165) is 44.5 Å². The van der Waals surface area contributed by atoms with E-state index < -0.39 is 11.9 Å². The van der Waals surface area contributed by atoms with Crippen molar-refractivity contribution in [2.75, 3.05) is 14.2 Å². The van der Waals surface area contributed by atoms with Crippen molar-refractivity contribution < 1.29 is 19.1 Å². The van der Waals surface area contributed by atoms with Crippen LogP contribution in [-0.4, -0.2) is 26.2 Å². The number of esters is 2. The van der Waals surface area contributed by atoms with Crippen LogP contribution in [0.5, 0.6) is 0 Å². The Morgan fingerprint density at radius 2 is 0.804 bits per heavy atom. The summed E-state index contributed by atoms with van der Waals surface area (Å²) < 4.78 is 9.77. The third-order valence-electron chi connectivity index (χ3n) is 7.18. The van der Waals surface area contributed by atoms with Gasteiger partial charge < -0.3 is 9.47 Å². The molecule has 5 aromatic carbocycles. The second-order valence-electron chi connectivity index (χ2n) is 10.0. The van der Waals surface area contributed by atoms with Crippen molar-refractivity contribution in [1.82, 2.24) is 0 Å². The number of carbonyl (C=O) groups excluding carboxylic acids is 2. The van der Waals surface area contributed by atoms with Gasteiger partial charge in [-0.05, 0) is 107 Å². The summed E-state index contributed by atoms with van der Waals surface area (Å²) in [4.78, 5) is 24.3. The number of hydrogen-bond donors (Lipinski definition) is 0. The third-order valence-corrected chi connectivity index (χ3v) is 7.18. The lowest BCUT2D eigenvalue weighted by molar-refractivity contribution is 0.0592. The number of terminal acetylenes is 2. The Labute approximate surface area is 269 Å². The Morgan fingerprint density at radius 1 is 0.478 bits per heavy atom. The van der Waals surface area contributed by atoms with Crippen molar-refractivity contribution in [2.24, 2.45) is 0 Å². The Kier molecular flexibility index (Phi) is 9.46. The van der Waals surface area contributed by atoms with Crippen LogP contribution >= 0.6 is 0 Å². The number of hydrogen-bond acceptors (Lipinski definition) is 4. The quantitative estimate of drug-likeness (QED) is 0.161. The molecular formula is C42H26O4. The molecule has 5 aromatic rings. The Balaban J connectivity index is 1.71. The van der Waals surface area contributed by atoms with Crippen molar-refractivity contribution in [2.45, 2.75) is 0 Å². The van der Waals surface area contributed by atoms with Gasteiger partial charge in [0.15, 0.2) is 0 Å². The normalized spacial score (nSPS) is 9.74. The van der Waals surface area contributed by atoms with Gasteiger partial charge in [0, 0.05) is 33.4 Å². The summed E-state index contributed by atoms with van der Waals surface area (Å²) >= 11 is 0. The Morgan fingerprint density at radius 3 is 1.11 bits per heavy atom. The fourth-order valence-corrected chi connectivity index (χ4v) is 4.67. The minimum Gasteiger partial charge on any atom is -0.465 e. The lowest BCUT2D eigenvalue weighted by atomic mass is 9.89. The molecule has 0 heterocycles. The van der Waals surface area contributed by atoms with Crippen LogP contribution in [0.15, 0.2) is 109 Å². The average molecular weight is 595 g/mol. The molecule has 4 heteroatoms. The summed E-state index contributed by atoms with van der Waals surface area (Å²) in [6.07, 6.45) is 11.0. The van der Waals surface area contributed by atoms with Crippen LogP contribution in [0.3, 0.4) is 0 Å². The monoisotopic (exact) mass is 594 g/mol. The van der Waals surface area contributed by atoms with Crippen LogP contribution in [0.4, 0.5) is 0 Å². The molecular weight excluding hydrogens is 568 g/mol. The van der Waals surface area contributed by atoms with Crippen LogP contribution in [0.25, 0.3) is 22.3 Å². The Bertz CT molecular complexity index is 1970. The molecule has 0 saturated carbocycles. The van der Waals surface area contributed by atoms with Gasteiger partial charge in [-0.2, -0.15) is 0 Å². The summed E-state index contributed by atoms with van der Waals surface area (Å²) in [7, 11) is 2.70. The van der Waals surface area contributed by atoms with E-state index in [1.54, 1.807) is 24.3 Å². The zero-order valence-corrected chi connectivity index (χ0v) is 25.2. The van der Waals surface area contributed by atoms with E-state index >= 15 is 0 Å². The van der Waals surface area contributed by atoms with Gasteiger partial charge in [-0.15, -0.1) is 12.8 Å². The summed E-state index contributed by atoms with van der Waals surface area (Å²) in [5, 5.41) is 0. The summed E-state index contributed by atoms with van der Waals surface area (Å²) in [5.41, 5.74) is 8.84. The van der Waals surface area contributed by atoms with Gasteiger partial charge in [-0.3, -0.25) is 0 Å². The minimum atomic E-state index is -0.423. The first-order chi connectivity index (χ1) is 22.4. The van der Waals surface area contributed by atoms with E-state index in [9.17, 15) is 9.59 Å². The van der Waals surface area contributed by atoms with Crippen LogP contribution in [0.1, 0.15) is 54.1 Å². The fourth-order valence-electron chi connectivity index (χ4n) is 4.67. The highest BCUT2D eigenvalue weighted by atomic mass is 16.5. The molecule has 0 aliphatic heterocycles. The molecule has 0 aliphatic carbocycles. The molecule has 0 unspecified atom stereocenters. The van der Waals surface area contributed by atoms with Crippen LogP contribution in [0, 0.1) is 48.4 Å². The molecule has 0 N–H and O–H groups in total. The standard InChI is InChI=1S/C42H26O4/c1-5-29-7-11-31(12-8-29)15-17-37-27-39(33-19-23-35(24-20-33)41(43)45-3)40(34-21-25-36(26-22-34)42(44)46-4)28-38(37)18-16-32-13-9-30(6-2)10-14-32/h1-2,7-14,19-28H,3-4H3. The lowest BCUT2D eigenvalue weighted by Crippen LogP contribution is -2.01. The molecule has 0 atom stereocenters. The van der Waals surface area contributed by atoms with Crippen molar-refractivity contribution in [3.8, 4) is 70.6 Å². The molecule has 0 bridgehead atoms. The maximum absolute atomic E-state index is 12.1. The molecule has 0 fully saturated rings. The second kappa shape index (κ2) is 14.2. The molecule has 0 saturated heterocycles. The van der Waals surface area contributed by atoms with Gasteiger partial charge >= 0.3 is 11.9 Å². The maximum Gasteiger partial charge on any atom is 0.337 e. The first-order valence-electron chi connectivity index (χ1n) is 14.2. The average Bonchev–Trinajstić information content (AvgIpc) is 3.12. The van der Waals surface area contributed by atoms with E-state index in [2.05, 4.69) is 35.5 Å². The highest BCUT2D eigenvalue weighted by Crippen LogP contribution is 2.35. The van der Waals surface area contributed by atoms with Crippen molar-refractivity contribution in [3.05, 3.63) is 154 Å². The predicted molar refractivity (Wildman–Crippen MR) is 181 cm³/mol. The molecule has 5 rings (SSSR count). The van der Waals surface area contributed by atoms with Gasteiger partial charge in [0.25, 0.3) is 0 Å². The first-order valence-corrected chi connectivity index (χ1v) is 14.2. The smallest absolute Gasteiger partial charge is 0.337 e. The molecule has 0 spiro atoms. The Hall–Kier alpha value is -6.72. The van der Waals surface area contributed by atoms with Gasteiger partial charge in [-0.25, -0.2) is 9.59 Å². The highest BCUT2D eigenvalue weighted by molar-refractivity contribution is 5.93. The molecule has 46 heavy (non-hydrogen) atoms. The molecule has 0 radical (unpaired) electrons. The molecule has 0 amide bonds. The zero-order chi connectivity index (χ0) is 32.5. The number of ether oxygens (including phenoxy) is 2. The number of benzene rings is 5. The van der Waals surface area contributed by atoms with Crippen molar-refractivity contribution in [1.29, 1.82) is 0 Å². The van der Waals surface area contributed by atoms with E-state index in [4.69, 9.17) is 22.3 Å². The summed E-state index contributed by atoms with van der Waals surface area (Å²) in [6, 6.07) is 33.2. The number of methoxy groups -OCH3 is 2. The van der Waals surface area contributed by atoms with Crippen molar-refractivity contribution in [3.63, 3.8) is 0 Å². The molecule has 0 aromatic heterocycles. The third kappa shape index (κ3) is 7.08. The molecule has 0 aliphatic rings. The topological polar surface area (TPSA) is 52.6 Å². The second-order valence-corrected chi connectivity index (χ2v) is 10.0. The predicted octanol–water partition coefficient (Wildman–Crippen LogP) is 7.36. The van der Waals surface area contributed by atoms with E-state index in [0.29, 0.717) is 22.3 Å². The van der Waals surface area contributed by atoms with Crippen LogP contribution in [-0.2, 0) is 9.47 Å². The van der Waals surface area contributed by atoms with Crippen molar-refractivity contribution >= 4 is 11.9 Å². The first kappa shape index (κ1) is 30.7. The lowest BCUT2D eigenvalue weighted by Gasteiger charge is -2.14. The number of rotatable bonds is 4. The minimum absolute atomic E-state index is 0.423. The highest BCUT2D eigenvalue weighted by Gasteiger charge is 2.15. The van der Waals surface area contributed by atoms with Gasteiger partial charge in [0.2, 0.25) is 0 Å². The van der Waals surface area contributed by atoms with E-state index in [-0.39, 0.29) is 0 Å². The maximum atomic E-state index is 12.1. The molecule has 218 valence electrons. The van der Waals surface area contributed by atoms with Crippen LogP contribution < -0.4 is 0 Å². The van der Waals surface area contributed by atoms with Gasteiger partial charge in [0.1, 0.15) is 0 Å². The van der Waals surface area contributed by atoms with Crippen LogP contribution in [0.2, 0.25) is 0 Å². The molecule has 4 nitrogen and oxygen atoms in total. The summed E-state index contributed by atoms with van der Waals surface area (Å²) in [6.45, 7) is 0. The SMILES string of the molecule is C#Cc1ccc(C#Cc2cc(-c3ccc(C(=O)OC)cc3)c(-c3ccc(C(=O)OC)cc3)cc2C#Cc2ccc(C#C)cc2)cc1. The van der Waals surface area contributed by atoms with Gasteiger partial charge in [0.05, 0.1) is 25.3 Å². The largest absolute Gasteiger partial charge is 0.465 e. The van der Waals surface area contributed by atoms with E-state index in [1.165, 1.54) is 14.2 Å². The number of carbonyl (C=O) groups is 2.